The molecule has 1 aromatic rings. The van der Waals surface area contributed by atoms with Crippen LogP contribution in [0.4, 0.5) is 10.5 Å². The average molecular weight is 463 g/mol. The van der Waals surface area contributed by atoms with Gasteiger partial charge in [0.1, 0.15) is 5.54 Å². The molecular weight excluding hydrogens is 432 g/mol. The summed E-state index contributed by atoms with van der Waals surface area (Å²) in [5.74, 6) is 0.690. The lowest BCUT2D eigenvalue weighted by Gasteiger charge is -2.20. The van der Waals surface area contributed by atoms with E-state index in [0.29, 0.717) is 30.1 Å². The van der Waals surface area contributed by atoms with Gasteiger partial charge < -0.3 is 10.6 Å². The molecule has 32 heavy (non-hydrogen) atoms. The standard InChI is InChI=1S/C22H30N4O5S/c1-15(2)8-13-32-18-7-6-16(14-17(18)26(30)31)19(27)23-11-5-12-25-20(28)22(24-21(25)29)9-3-4-10-22/h6-7,14-15H,3-5,8-13H2,1-2H3,(H,23,27)(H,24,29). The monoisotopic (exact) mass is 462 g/mol. The molecule has 2 fully saturated rings. The zero-order valence-corrected chi connectivity index (χ0v) is 19.3. The van der Waals surface area contributed by atoms with Gasteiger partial charge in [0, 0.05) is 24.7 Å². The van der Waals surface area contributed by atoms with Gasteiger partial charge >= 0.3 is 6.03 Å². The number of hydrogen-bond acceptors (Lipinski definition) is 6. The summed E-state index contributed by atoms with van der Waals surface area (Å²) in [6.45, 7) is 4.67. The molecule has 1 spiro atoms. The predicted molar refractivity (Wildman–Crippen MR) is 122 cm³/mol. The highest BCUT2D eigenvalue weighted by molar-refractivity contribution is 7.99. The lowest BCUT2D eigenvalue weighted by Crippen LogP contribution is -2.44. The van der Waals surface area contributed by atoms with Crippen molar-refractivity contribution < 1.29 is 19.3 Å². The van der Waals surface area contributed by atoms with Crippen molar-refractivity contribution >= 4 is 35.3 Å². The first kappa shape index (κ1) is 24.0. The summed E-state index contributed by atoms with van der Waals surface area (Å²) >= 11 is 1.42. The molecule has 1 saturated heterocycles. The van der Waals surface area contributed by atoms with Gasteiger partial charge in [-0.25, -0.2) is 4.79 Å². The third-order valence-corrected chi connectivity index (χ3v) is 7.01. The third kappa shape index (κ3) is 5.40. The Bertz CT molecular complexity index is 898. The number of amides is 4. The van der Waals surface area contributed by atoms with Crippen LogP contribution in [0.15, 0.2) is 23.1 Å². The number of nitro benzene ring substituents is 1. The molecular formula is C22H30N4O5S. The number of urea groups is 1. The van der Waals surface area contributed by atoms with Crippen LogP contribution >= 0.6 is 11.8 Å². The Morgan fingerprint density at radius 2 is 2.03 bits per heavy atom. The van der Waals surface area contributed by atoms with E-state index in [4.69, 9.17) is 0 Å². The summed E-state index contributed by atoms with van der Waals surface area (Å²) in [7, 11) is 0. The second-order valence-electron chi connectivity index (χ2n) is 8.76. The number of rotatable bonds is 10. The Kier molecular flexibility index (Phi) is 7.76. The van der Waals surface area contributed by atoms with E-state index in [1.54, 1.807) is 12.1 Å². The lowest BCUT2D eigenvalue weighted by atomic mass is 9.98. The Morgan fingerprint density at radius 3 is 2.69 bits per heavy atom. The minimum absolute atomic E-state index is 0.0763. The maximum absolute atomic E-state index is 12.6. The summed E-state index contributed by atoms with van der Waals surface area (Å²) in [6.07, 6.45) is 4.56. The van der Waals surface area contributed by atoms with Gasteiger partial charge in [0.05, 0.1) is 9.82 Å². The van der Waals surface area contributed by atoms with Crippen LogP contribution in [0.1, 0.15) is 62.7 Å². The molecule has 4 amide bonds. The van der Waals surface area contributed by atoms with Gasteiger partial charge in [-0.3, -0.25) is 24.6 Å². The fourth-order valence-electron chi connectivity index (χ4n) is 4.07. The van der Waals surface area contributed by atoms with Gasteiger partial charge in [0.15, 0.2) is 0 Å². The van der Waals surface area contributed by atoms with Gasteiger partial charge in [0.25, 0.3) is 17.5 Å². The zero-order chi connectivity index (χ0) is 23.3. The van der Waals surface area contributed by atoms with Crippen molar-refractivity contribution in [1.82, 2.24) is 15.5 Å². The van der Waals surface area contributed by atoms with Crippen LogP contribution in [0.3, 0.4) is 0 Å². The summed E-state index contributed by atoms with van der Waals surface area (Å²) in [6, 6.07) is 4.13. The van der Waals surface area contributed by atoms with Crippen LogP contribution in [0, 0.1) is 16.0 Å². The van der Waals surface area contributed by atoms with Crippen LogP contribution < -0.4 is 10.6 Å². The minimum atomic E-state index is -0.728. The molecule has 0 radical (unpaired) electrons. The van der Waals surface area contributed by atoms with Crippen molar-refractivity contribution in [2.75, 3.05) is 18.8 Å². The van der Waals surface area contributed by atoms with E-state index in [-0.39, 0.29) is 36.3 Å². The molecule has 10 heteroatoms. The van der Waals surface area contributed by atoms with Crippen LogP contribution in [0.5, 0.6) is 0 Å². The molecule has 3 rings (SSSR count). The van der Waals surface area contributed by atoms with E-state index in [9.17, 15) is 24.5 Å². The first-order chi connectivity index (χ1) is 15.2. The summed E-state index contributed by atoms with van der Waals surface area (Å²) in [4.78, 5) is 50.0. The topological polar surface area (TPSA) is 122 Å². The second-order valence-corrected chi connectivity index (χ2v) is 9.89. The van der Waals surface area contributed by atoms with E-state index in [1.807, 2.05) is 0 Å². The molecule has 1 heterocycles. The number of hydrogen-bond donors (Lipinski definition) is 2. The molecule has 0 unspecified atom stereocenters. The summed E-state index contributed by atoms with van der Waals surface area (Å²) < 4.78 is 0. The average Bonchev–Trinajstić information content (AvgIpc) is 3.30. The third-order valence-electron chi connectivity index (χ3n) is 5.92. The Morgan fingerprint density at radius 1 is 1.31 bits per heavy atom. The highest BCUT2D eigenvalue weighted by Crippen LogP contribution is 2.35. The number of nitrogens with one attached hydrogen (secondary N) is 2. The molecule has 9 nitrogen and oxygen atoms in total. The molecule has 1 aliphatic carbocycles. The molecule has 1 aliphatic heterocycles. The SMILES string of the molecule is CC(C)CCSc1ccc(C(=O)NCCCN2C(=O)NC3(CCCC3)C2=O)cc1[N+](=O)[O-]. The van der Waals surface area contributed by atoms with Gasteiger partial charge in [0.2, 0.25) is 0 Å². The van der Waals surface area contributed by atoms with Crippen molar-refractivity contribution in [3.8, 4) is 0 Å². The van der Waals surface area contributed by atoms with E-state index < -0.39 is 16.4 Å². The van der Waals surface area contributed by atoms with Crippen LogP contribution in [-0.4, -0.2) is 52.0 Å². The normalized spacial score (nSPS) is 17.3. The molecule has 0 bridgehead atoms. The van der Waals surface area contributed by atoms with E-state index in [0.717, 1.165) is 25.0 Å². The first-order valence-electron chi connectivity index (χ1n) is 11.1. The number of thioether (sulfide) groups is 1. The van der Waals surface area contributed by atoms with Crippen molar-refractivity contribution in [2.24, 2.45) is 5.92 Å². The number of carbonyl (C=O) groups excluding carboxylic acids is 3. The number of imide groups is 1. The summed E-state index contributed by atoms with van der Waals surface area (Å²) in [5, 5.41) is 17.0. The van der Waals surface area contributed by atoms with Gasteiger partial charge in [-0.05, 0) is 49.5 Å². The van der Waals surface area contributed by atoms with Crippen molar-refractivity contribution in [1.29, 1.82) is 0 Å². The Balaban J connectivity index is 1.51. The quantitative estimate of drug-likeness (QED) is 0.180. The van der Waals surface area contributed by atoms with E-state index in [2.05, 4.69) is 24.5 Å². The molecule has 174 valence electrons. The van der Waals surface area contributed by atoms with Crippen molar-refractivity contribution in [2.45, 2.75) is 62.8 Å². The first-order valence-corrected chi connectivity index (χ1v) is 12.1. The smallest absolute Gasteiger partial charge is 0.325 e. The zero-order valence-electron chi connectivity index (χ0n) is 18.5. The highest BCUT2D eigenvalue weighted by Gasteiger charge is 2.51. The number of nitro groups is 1. The van der Waals surface area contributed by atoms with Crippen molar-refractivity contribution in [3.05, 3.63) is 33.9 Å². The largest absolute Gasteiger partial charge is 0.352 e. The Labute approximate surface area is 191 Å². The second kappa shape index (κ2) is 10.3. The van der Waals surface area contributed by atoms with E-state index in [1.165, 1.54) is 22.7 Å². The van der Waals surface area contributed by atoms with E-state index >= 15 is 0 Å². The van der Waals surface area contributed by atoms with Crippen molar-refractivity contribution in [3.63, 3.8) is 0 Å². The van der Waals surface area contributed by atoms with Gasteiger partial charge in [-0.1, -0.05) is 26.7 Å². The highest BCUT2D eigenvalue weighted by atomic mass is 32.2. The van der Waals surface area contributed by atoms with Crippen LogP contribution in [0.25, 0.3) is 0 Å². The number of carbonyl (C=O) groups is 3. The predicted octanol–water partition coefficient (Wildman–Crippen LogP) is 3.72. The Hall–Kier alpha value is -2.62. The van der Waals surface area contributed by atoms with Gasteiger partial charge in [-0.15, -0.1) is 11.8 Å². The molecule has 1 saturated carbocycles. The minimum Gasteiger partial charge on any atom is -0.352 e. The summed E-state index contributed by atoms with van der Waals surface area (Å²) in [5.41, 5.74) is -0.591. The molecule has 0 aromatic heterocycles. The molecule has 2 aliphatic rings. The number of benzene rings is 1. The molecule has 1 aromatic carbocycles. The maximum atomic E-state index is 12.6. The van der Waals surface area contributed by atoms with Gasteiger partial charge in [-0.2, -0.15) is 0 Å². The maximum Gasteiger partial charge on any atom is 0.325 e. The van der Waals surface area contributed by atoms with Crippen LogP contribution in [0.2, 0.25) is 0 Å². The fraction of sp³-hybridized carbons (Fsp3) is 0.591. The van der Waals surface area contributed by atoms with Crippen LogP contribution in [-0.2, 0) is 4.79 Å². The lowest BCUT2D eigenvalue weighted by molar-refractivity contribution is -0.387. The molecule has 2 N–H and O–H groups in total. The number of nitrogens with zero attached hydrogens (tertiary/aromatic N) is 2. The fourth-order valence-corrected chi connectivity index (χ4v) is 5.32. The molecule has 0 atom stereocenters.